The van der Waals surface area contributed by atoms with E-state index < -0.39 is 0 Å². The molecule has 0 unspecified atom stereocenters. The maximum Gasteiger partial charge on any atom is 0.131 e. The number of anilines is 1. The largest absolute Gasteiger partial charge is 0.383 e. The van der Waals surface area contributed by atoms with Crippen LogP contribution in [0.2, 0.25) is 5.02 Å². The number of fused-ring (bicyclic) bond motifs is 1. The zero-order valence-electron chi connectivity index (χ0n) is 10.2. The van der Waals surface area contributed by atoms with E-state index in [4.69, 9.17) is 17.3 Å². The molecule has 2 aromatic heterocycles. The van der Waals surface area contributed by atoms with Gasteiger partial charge in [0.1, 0.15) is 5.82 Å². The first-order chi connectivity index (χ1) is 9.22. The zero-order valence-corrected chi connectivity index (χ0v) is 10.9. The molecule has 3 nitrogen and oxygen atoms in total. The summed E-state index contributed by atoms with van der Waals surface area (Å²) >= 11 is 5.87. The second kappa shape index (κ2) is 4.86. The van der Waals surface area contributed by atoms with Gasteiger partial charge in [0, 0.05) is 40.3 Å². The summed E-state index contributed by atoms with van der Waals surface area (Å²) in [4.78, 5) is 8.55. The maximum atomic E-state index is 5.97. The third kappa shape index (κ3) is 2.51. The van der Waals surface area contributed by atoms with E-state index in [0.717, 1.165) is 33.5 Å². The molecule has 0 aliphatic rings. The monoisotopic (exact) mass is 269 g/mol. The van der Waals surface area contributed by atoms with E-state index >= 15 is 0 Å². The molecular weight excluding hydrogens is 258 g/mol. The summed E-state index contributed by atoms with van der Waals surface area (Å²) in [6, 6.07) is 11.6. The molecule has 3 rings (SSSR count). The summed E-state index contributed by atoms with van der Waals surface area (Å²) in [5.74, 6) is 0.545. The number of nitrogens with zero attached hydrogens (tertiary/aromatic N) is 2. The Morgan fingerprint density at radius 2 is 1.89 bits per heavy atom. The number of nitrogens with two attached hydrogens (primary N) is 1. The Kier molecular flexibility index (Phi) is 3.05. The smallest absolute Gasteiger partial charge is 0.131 e. The van der Waals surface area contributed by atoms with Crippen LogP contribution in [-0.4, -0.2) is 9.97 Å². The van der Waals surface area contributed by atoms with E-state index in [9.17, 15) is 0 Å². The fourth-order valence-electron chi connectivity index (χ4n) is 2.08. The molecule has 0 amide bonds. The van der Waals surface area contributed by atoms with Crippen LogP contribution in [0.25, 0.3) is 10.8 Å². The van der Waals surface area contributed by atoms with Crippen LogP contribution in [0, 0.1) is 0 Å². The van der Waals surface area contributed by atoms with Gasteiger partial charge in [0.25, 0.3) is 0 Å². The Balaban J connectivity index is 1.99. The minimum absolute atomic E-state index is 0.545. The average Bonchev–Trinajstić information content (AvgIpc) is 2.42. The second-order valence-electron chi connectivity index (χ2n) is 4.40. The lowest BCUT2D eigenvalue weighted by molar-refractivity contribution is 1.09. The molecule has 19 heavy (non-hydrogen) atoms. The predicted molar refractivity (Wildman–Crippen MR) is 78.2 cm³/mol. The number of aromatic nitrogens is 2. The van der Waals surface area contributed by atoms with E-state index in [-0.39, 0.29) is 0 Å². The highest BCUT2D eigenvalue weighted by Crippen LogP contribution is 2.21. The van der Waals surface area contributed by atoms with Gasteiger partial charge in [-0.1, -0.05) is 23.7 Å². The highest BCUT2D eigenvalue weighted by molar-refractivity contribution is 6.30. The number of hydrogen-bond acceptors (Lipinski definition) is 3. The Bertz CT molecular complexity index is 723. The van der Waals surface area contributed by atoms with Crippen molar-refractivity contribution in [2.45, 2.75) is 6.42 Å². The molecule has 0 fully saturated rings. The Morgan fingerprint density at radius 3 is 2.68 bits per heavy atom. The van der Waals surface area contributed by atoms with Gasteiger partial charge < -0.3 is 5.73 Å². The standard InChI is InChI=1S/C15H12ClN3/c16-12-3-1-10(2-4-12)7-13-8-11-9-18-6-5-14(11)15(17)19-13/h1-6,8-9H,7H2,(H2,17,19). The van der Waals surface area contributed by atoms with Crippen LogP contribution in [0.4, 0.5) is 5.82 Å². The van der Waals surface area contributed by atoms with Gasteiger partial charge in [0.2, 0.25) is 0 Å². The van der Waals surface area contributed by atoms with Gasteiger partial charge in [0.15, 0.2) is 0 Å². The summed E-state index contributed by atoms with van der Waals surface area (Å²) in [7, 11) is 0. The van der Waals surface area contributed by atoms with Crippen molar-refractivity contribution in [1.29, 1.82) is 0 Å². The molecule has 3 aromatic rings. The van der Waals surface area contributed by atoms with E-state index in [1.165, 1.54) is 0 Å². The molecule has 94 valence electrons. The van der Waals surface area contributed by atoms with Gasteiger partial charge in [-0.25, -0.2) is 4.98 Å². The number of pyridine rings is 2. The molecule has 0 aliphatic heterocycles. The van der Waals surface area contributed by atoms with Crippen molar-refractivity contribution >= 4 is 28.2 Å². The van der Waals surface area contributed by atoms with Crippen molar-refractivity contribution in [2.75, 3.05) is 5.73 Å². The van der Waals surface area contributed by atoms with Crippen LogP contribution in [0.5, 0.6) is 0 Å². The lowest BCUT2D eigenvalue weighted by Crippen LogP contribution is -1.98. The molecule has 0 saturated carbocycles. The summed E-state index contributed by atoms with van der Waals surface area (Å²) in [6.07, 6.45) is 4.25. The Morgan fingerprint density at radius 1 is 1.11 bits per heavy atom. The highest BCUT2D eigenvalue weighted by atomic mass is 35.5. The predicted octanol–water partition coefficient (Wildman–Crippen LogP) is 3.46. The Labute approximate surface area is 116 Å². The van der Waals surface area contributed by atoms with Crippen molar-refractivity contribution in [3.05, 3.63) is 65.1 Å². The van der Waals surface area contributed by atoms with Crippen LogP contribution in [0.1, 0.15) is 11.3 Å². The number of nitrogen functional groups attached to an aromatic ring is 1. The molecule has 0 aliphatic carbocycles. The molecule has 1 aromatic carbocycles. The quantitative estimate of drug-likeness (QED) is 0.775. The normalized spacial score (nSPS) is 10.8. The van der Waals surface area contributed by atoms with E-state index in [0.29, 0.717) is 5.82 Å². The molecule has 2 N–H and O–H groups in total. The SMILES string of the molecule is Nc1nc(Cc2ccc(Cl)cc2)cc2cnccc12. The summed E-state index contributed by atoms with van der Waals surface area (Å²) in [6.45, 7) is 0. The first-order valence-corrected chi connectivity index (χ1v) is 6.34. The van der Waals surface area contributed by atoms with E-state index in [2.05, 4.69) is 9.97 Å². The number of hydrogen-bond donors (Lipinski definition) is 1. The van der Waals surface area contributed by atoms with Crippen LogP contribution in [-0.2, 0) is 6.42 Å². The van der Waals surface area contributed by atoms with E-state index in [1.807, 2.05) is 36.4 Å². The van der Waals surface area contributed by atoms with Crippen LogP contribution in [0.3, 0.4) is 0 Å². The van der Waals surface area contributed by atoms with E-state index in [1.54, 1.807) is 12.4 Å². The average molecular weight is 270 g/mol. The van der Waals surface area contributed by atoms with Gasteiger partial charge in [-0.05, 0) is 29.8 Å². The zero-order chi connectivity index (χ0) is 13.2. The van der Waals surface area contributed by atoms with Gasteiger partial charge in [-0.15, -0.1) is 0 Å². The van der Waals surface area contributed by atoms with Crippen LogP contribution < -0.4 is 5.73 Å². The van der Waals surface area contributed by atoms with Crippen LogP contribution >= 0.6 is 11.6 Å². The van der Waals surface area contributed by atoms with Crippen LogP contribution in [0.15, 0.2) is 48.8 Å². The van der Waals surface area contributed by atoms with Crippen molar-refractivity contribution in [2.24, 2.45) is 0 Å². The summed E-state index contributed by atoms with van der Waals surface area (Å²) < 4.78 is 0. The van der Waals surface area contributed by atoms with Gasteiger partial charge in [0.05, 0.1) is 0 Å². The lowest BCUT2D eigenvalue weighted by Gasteiger charge is -2.06. The van der Waals surface area contributed by atoms with Gasteiger partial charge in [-0.3, -0.25) is 4.98 Å². The fourth-order valence-corrected chi connectivity index (χ4v) is 2.21. The molecule has 4 heteroatoms. The topological polar surface area (TPSA) is 51.8 Å². The first-order valence-electron chi connectivity index (χ1n) is 5.96. The van der Waals surface area contributed by atoms with Crippen molar-refractivity contribution in [3.8, 4) is 0 Å². The lowest BCUT2D eigenvalue weighted by atomic mass is 10.1. The van der Waals surface area contributed by atoms with Gasteiger partial charge >= 0.3 is 0 Å². The number of benzene rings is 1. The van der Waals surface area contributed by atoms with Crippen molar-refractivity contribution in [3.63, 3.8) is 0 Å². The second-order valence-corrected chi connectivity index (χ2v) is 4.84. The molecule has 2 heterocycles. The van der Waals surface area contributed by atoms with Crippen molar-refractivity contribution in [1.82, 2.24) is 9.97 Å². The molecular formula is C15H12ClN3. The summed E-state index contributed by atoms with van der Waals surface area (Å²) in [5, 5.41) is 2.69. The third-order valence-electron chi connectivity index (χ3n) is 3.01. The Hall–Kier alpha value is -2.13. The first kappa shape index (κ1) is 11.9. The molecule has 0 saturated heterocycles. The number of rotatable bonds is 2. The molecule has 0 radical (unpaired) electrons. The highest BCUT2D eigenvalue weighted by Gasteiger charge is 2.04. The minimum atomic E-state index is 0.545. The maximum absolute atomic E-state index is 5.97. The summed E-state index contributed by atoms with van der Waals surface area (Å²) in [5.41, 5.74) is 8.06. The molecule has 0 bridgehead atoms. The van der Waals surface area contributed by atoms with Gasteiger partial charge in [-0.2, -0.15) is 0 Å². The third-order valence-corrected chi connectivity index (χ3v) is 3.26. The molecule has 0 spiro atoms. The fraction of sp³-hybridized carbons (Fsp3) is 0.0667. The number of halogens is 1. The van der Waals surface area contributed by atoms with Crippen molar-refractivity contribution < 1.29 is 0 Å². The minimum Gasteiger partial charge on any atom is -0.383 e. The molecule has 0 atom stereocenters.